The predicted octanol–water partition coefficient (Wildman–Crippen LogP) is 2.98. The van der Waals surface area contributed by atoms with Crippen molar-refractivity contribution < 1.29 is 9.13 Å². The van der Waals surface area contributed by atoms with Gasteiger partial charge in [0.15, 0.2) is 5.11 Å². The molecule has 0 radical (unpaired) electrons. The average molecular weight is 305 g/mol. The number of anilines is 1. The maximum absolute atomic E-state index is 12.7. The maximum atomic E-state index is 12.7. The molecule has 1 heterocycles. The number of pyridine rings is 1. The van der Waals surface area contributed by atoms with Gasteiger partial charge in [-0.1, -0.05) is 0 Å². The second-order valence-corrected chi connectivity index (χ2v) is 4.68. The quantitative estimate of drug-likeness (QED) is 0.634. The molecule has 0 aliphatic rings. The molecule has 0 aliphatic carbocycles. The predicted molar refractivity (Wildman–Crippen MR) is 85.0 cm³/mol. The smallest absolute Gasteiger partial charge is 0.170 e. The lowest BCUT2D eigenvalue weighted by atomic mass is 10.3. The standard InChI is InChI=1S/C15H16FN3OS/c16-12-2-4-14(5-3-12)20-11-1-8-18-15(21)19-13-6-9-17-10-7-13/h2-7,9-10H,1,8,11H2,(H2,17,18,19,21). The normalized spacial score (nSPS) is 9.95. The number of aromatic nitrogens is 1. The lowest BCUT2D eigenvalue weighted by Gasteiger charge is -2.10. The summed E-state index contributed by atoms with van der Waals surface area (Å²) in [5.41, 5.74) is 0.894. The molecule has 6 heteroatoms. The van der Waals surface area contributed by atoms with Gasteiger partial charge in [0.2, 0.25) is 0 Å². The Balaban J connectivity index is 1.59. The van der Waals surface area contributed by atoms with Crippen LogP contribution >= 0.6 is 12.2 Å². The zero-order chi connectivity index (χ0) is 14.9. The number of nitrogens with one attached hydrogen (secondary N) is 2. The van der Waals surface area contributed by atoms with Crippen LogP contribution in [0.15, 0.2) is 48.8 Å². The third kappa shape index (κ3) is 5.74. The number of hydrogen-bond acceptors (Lipinski definition) is 3. The van der Waals surface area contributed by atoms with Gasteiger partial charge in [0.1, 0.15) is 11.6 Å². The lowest BCUT2D eigenvalue weighted by molar-refractivity contribution is 0.311. The Morgan fingerprint density at radius 2 is 1.86 bits per heavy atom. The summed E-state index contributed by atoms with van der Waals surface area (Å²) in [6.45, 7) is 1.23. The van der Waals surface area contributed by atoms with Crippen molar-refractivity contribution in [3.05, 3.63) is 54.6 Å². The number of hydrogen-bond donors (Lipinski definition) is 2. The van der Waals surface area contributed by atoms with Gasteiger partial charge >= 0.3 is 0 Å². The topological polar surface area (TPSA) is 46.2 Å². The second-order valence-electron chi connectivity index (χ2n) is 4.27. The Kier molecular flexibility index (Phi) is 5.90. The first-order chi connectivity index (χ1) is 10.2. The monoisotopic (exact) mass is 305 g/mol. The van der Waals surface area contributed by atoms with Crippen molar-refractivity contribution in [2.24, 2.45) is 0 Å². The van der Waals surface area contributed by atoms with Gasteiger partial charge in [0.05, 0.1) is 6.61 Å². The number of ether oxygens (including phenoxy) is 1. The number of benzene rings is 1. The minimum absolute atomic E-state index is 0.267. The first-order valence-electron chi connectivity index (χ1n) is 6.57. The van der Waals surface area contributed by atoms with Crippen LogP contribution in [0.1, 0.15) is 6.42 Å². The van der Waals surface area contributed by atoms with Gasteiger partial charge in [-0.05, 0) is 55.0 Å². The summed E-state index contributed by atoms with van der Waals surface area (Å²) in [6.07, 6.45) is 4.18. The fraction of sp³-hybridized carbons (Fsp3) is 0.200. The zero-order valence-electron chi connectivity index (χ0n) is 11.4. The van der Waals surface area contributed by atoms with Gasteiger partial charge in [-0.3, -0.25) is 4.98 Å². The van der Waals surface area contributed by atoms with E-state index in [-0.39, 0.29) is 5.82 Å². The Morgan fingerprint density at radius 3 is 2.57 bits per heavy atom. The van der Waals surface area contributed by atoms with Crippen LogP contribution in [0.25, 0.3) is 0 Å². The molecular formula is C15H16FN3OS. The molecule has 2 N–H and O–H groups in total. The molecule has 0 bridgehead atoms. The van der Waals surface area contributed by atoms with Crippen LogP contribution in [-0.4, -0.2) is 23.2 Å². The van der Waals surface area contributed by atoms with Gasteiger partial charge in [-0.2, -0.15) is 0 Å². The van der Waals surface area contributed by atoms with Crippen molar-refractivity contribution in [2.75, 3.05) is 18.5 Å². The molecule has 0 saturated heterocycles. The Bertz CT molecular complexity index is 563. The summed E-state index contributed by atoms with van der Waals surface area (Å²) in [5.74, 6) is 0.394. The highest BCUT2D eigenvalue weighted by atomic mass is 32.1. The number of rotatable bonds is 6. The highest BCUT2D eigenvalue weighted by Crippen LogP contribution is 2.10. The molecule has 0 saturated carbocycles. The number of halogens is 1. The fourth-order valence-corrected chi connectivity index (χ4v) is 1.83. The van der Waals surface area contributed by atoms with Crippen LogP contribution in [0.2, 0.25) is 0 Å². The van der Waals surface area contributed by atoms with E-state index in [1.165, 1.54) is 12.1 Å². The largest absolute Gasteiger partial charge is 0.494 e. The summed E-state index contributed by atoms with van der Waals surface area (Å²) < 4.78 is 18.2. The molecule has 0 spiro atoms. The van der Waals surface area contributed by atoms with Crippen molar-refractivity contribution in [1.82, 2.24) is 10.3 Å². The fourth-order valence-electron chi connectivity index (χ4n) is 1.61. The van der Waals surface area contributed by atoms with E-state index in [1.807, 2.05) is 12.1 Å². The molecule has 110 valence electrons. The highest BCUT2D eigenvalue weighted by Gasteiger charge is 1.97. The highest BCUT2D eigenvalue weighted by molar-refractivity contribution is 7.80. The van der Waals surface area contributed by atoms with Crippen molar-refractivity contribution in [2.45, 2.75) is 6.42 Å². The van der Waals surface area contributed by atoms with Gasteiger partial charge < -0.3 is 15.4 Å². The van der Waals surface area contributed by atoms with Crippen LogP contribution < -0.4 is 15.4 Å². The molecule has 0 atom stereocenters. The van der Waals surface area contributed by atoms with Crippen LogP contribution in [0.5, 0.6) is 5.75 Å². The molecule has 0 unspecified atom stereocenters. The van der Waals surface area contributed by atoms with Gasteiger partial charge in [0.25, 0.3) is 0 Å². The SMILES string of the molecule is Fc1ccc(OCCCNC(=S)Nc2ccncc2)cc1. The summed E-state index contributed by atoms with van der Waals surface area (Å²) in [7, 11) is 0. The molecule has 1 aromatic carbocycles. The van der Waals surface area contributed by atoms with Crippen molar-refractivity contribution in [3.8, 4) is 5.75 Å². The molecule has 4 nitrogen and oxygen atoms in total. The minimum Gasteiger partial charge on any atom is -0.494 e. The maximum Gasteiger partial charge on any atom is 0.170 e. The van der Waals surface area contributed by atoms with Gasteiger partial charge in [-0.15, -0.1) is 0 Å². The van der Waals surface area contributed by atoms with E-state index in [4.69, 9.17) is 17.0 Å². The van der Waals surface area contributed by atoms with Crippen molar-refractivity contribution in [3.63, 3.8) is 0 Å². The van der Waals surface area contributed by atoms with E-state index in [2.05, 4.69) is 15.6 Å². The molecule has 2 aromatic rings. The Labute approximate surface area is 128 Å². The molecule has 1 aromatic heterocycles. The van der Waals surface area contributed by atoms with Crippen molar-refractivity contribution >= 4 is 23.0 Å². The molecular weight excluding hydrogens is 289 g/mol. The summed E-state index contributed by atoms with van der Waals surface area (Å²) >= 11 is 5.17. The van der Waals surface area contributed by atoms with Crippen molar-refractivity contribution in [1.29, 1.82) is 0 Å². The summed E-state index contributed by atoms with van der Waals surface area (Å²) in [5, 5.41) is 6.70. The van der Waals surface area contributed by atoms with E-state index in [0.29, 0.717) is 24.0 Å². The zero-order valence-corrected chi connectivity index (χ0v) is 12.2. The van der Waals surface area contributed by atoms with Crippen LogP contribution in [0.4, 0.5) is 10.1 Å². The van der Waals surface area contributed by atoms with Crippen LogP contribution in [-0.2, 0) is 0 Å². The first-order valence-corrected chi connectivity index (χ1v) is 6.98. The van der Waals surface area contributed by atoms with Gasteiger partial charge in [0, 0.05) is 24.6 Å². The minimum atomic E-state index is -0.267. The van der Waals surface area contributed by atoms with E-state index < -0.39 is 0 Å². The lowest BCUT2D eigenvalue weighted by Crippen LogP contribution is -2.29. The summed E-state index contributed by atoms with van der Waals surface area (Å²) in [4.78, 5) is 3.93. The van der Waals surface area contributed by atoms with E-state index in [1.54, 1.807) is 24.5 Å². The molecule has 0 amide bonds. The average Bonchev–Trinajstić information content (AvgIpc) is 2.50. The number of thiocarbonyl (C=S) groups is 1. The Hall–Kier alpha value is -2.21. The van der Waals surface area contributed by atoms with E-state index >= 15 is 0 Å². The third-order valence-corrected chi connectivity index (χ3v) is 2.87. The summed E-state index contributed by atoms with van der Waals surface area (Å²) in [6, 6.07) is 9.65. The third-order valence-electron chi connectivity index (χ3n) is 2.63. The molecule has 0 aliphatic heterocycles. The second kappa shape index (κ2) is 8.16. The van der Waals surface area contributed by atoms with Crippen LogP contribution in [0.3, 0.4) is 0 Å². The number of nitrogens with zero attached hydrogens (tertiary/aromatic N) is 1. The molecule has 2 rings (SSSR count). The van der Waals surface area contributed by atoms with Gasteiger partial charge in [-0.25, -0.2) is 4.39 Å². The first kappa shape index (κ1) is 15.2. The van der Waals surface area contributed by atoms with E-state index in [9.17, 15) is 4.39 Å². The van der Waals surface area contributed by atoms with E-state index in [0.717, 1.165) is 12.1 Å². The molecule has 0 fully saturated rings. The molecule has 21 heavy (non-hydrogen) atoms. The Morgan fingerprint density at radius 1 is 1.14 bits per heavy atom. The van der Waals surface area contributed by atoms with Crippen LogP contribution in [0, 0.1) is 5.82 Å².